The molecule has 0 aromatic heterocycles. The van der Waals surface area contributed by atoms with E-state index in [4.69, 9.17) is 0 Å². The van der Waals surface area contributed by atoms with E-state index in [1.807, 2.05) is 0 Å². The van der Waals surface area contributed by atoms with E-state index in [0.29, 0.717) is 12.1 Å². The molecule has 0 unspecified atom stereocenters. The first-order chi connectivity index (χ1) is 6.77. The molecular weight excluding hydrogens is 192 g/mol. The second-order valence-electron chi connectivity index (χ2n) is 4.14. The van der Waals surface area contributed by atoms with Gasteiger partial charge in [-0.3, -0.25) is 0 Å². The Labute approximate surface area is 88.8 Å². The Bertz CT molecular complexity index is 378. The van der Waals surface area contributed by atoms with Gasteiger partial charge in [0.05, 0.1) is 11.9 Å². The molecule has 2 atom stereocenters. The van der Waals surface area contributed by atoms with Crippen molar-refractivity contribution in [1.82, 2.24) is 4.72 Å². The lowest BCUT2D eigenvalue weighted by atomic mass is 10.0. The van der Waals surface area contributed by atoms with Crippen LogP contribution in [0.1, 0.15) is 25.3 Å². The number of hydrogen-bond donors (Lipinski definition) is 1. The second kappa shape index (κ2) is 2.91. The molecule has 3 heteroatoms. The largest absolute Gasteiger partial charge is 0.354 e. The summed E-state index contributed by atoms with van der Waals surface area (Å²) in [6.07, 6.45) is 0.457. The number of para-hydroxylation sites is 1. The number of rotatable bonds is 0. The molecular formula is C11H14N2S. The van der Waals surface area contributed by atoms with Gasteiger partial charge in [-0.15, -0.1) is 0 Å². The first-order valence-corrected chi connectivity index (χ1v) is 5.91. The van der Waals surface area contributed by atoms with E-state index < -0.39 is 0 Å². The summed E-state index contributed by atoms with van der Waals surface area (Å²) in [5, 5.41) is 0. The van der Waals surface area contributed by atoms with E-state index in [0.717, 1.165) is 6.54 Å². The van der Waals surface area contributed by atoms with Crippen molar-refractivity contribution < 1.29 is 0 Å². The molecule has 74 valence electrons. The van der Waals surface area contributed by atoms with Gasteiger partial charge in [-0.2, -0.15) is 0 Å². The molecule has 1 N–H and O–H groups in total. The third-order valence-electron chi connectivity index (χ3n) is 3.13. The third kappa shape index (κ3) is 1.03. The van der Waals surface area contributed by atoms with Crippen LogP contribution in [0.15, 0.2) is 23.1 Å². The van der Waals surface area contributed by atoms with Crippen LogP contribution in [0.3, 0.4) is 0 Å². The van der Waals surface area contributed by atoms with Gasteiger partial charge in [0.25, 0.3) is 0 Å². The van der Waals surface area contributed by atoms with E-state index in [1.165, 1.54) is 16.1 Å². The molecule has 2 nitrogen and oxygen atoms in total. The molecule has 0 aliphatic carbocycles. The van der Waals surface area contributed by atoms with Crippen molar-refractivity contribution in [3.05, 3.63) is 23.8 Å². The minimum absolute atomic E-state index is 0.457. The van der Waals surface area contributed by atoms with Gasteiger partial charge in [-0.25, -0.2) is 4.72 Å². The van der Waals surface area contributed by atoms with Gasteiger partial charge in [0.2, 0.25) is 0 Å². The molecule has 0 amide bonds. The maximum atomic E-state index is 3.44. The average Bonchev–Trinajstić information content (AvgIpc) is 2.53. The monoisotopic (exact) mass is 206 g/mol. The lowest BCUT2D eigenvalue weighted by Gasteiger charge is -2.33. The van der Waals surface area contributed by atoms with Gasteiger partial charge in [0.15, 0.2) is 0 Å². The molecule has 1 aromatic carbocycles. The van der Waals surface area contributed by atoms with Gasteiger partial charge in [-0.05, 0) is 30.5 Å². The highest BCUT2D eigenvalue weighted by molar-refractivity contribution is 7.97. The van der Waals surface area contributed by atoms with Crippen LogP contribution >= 0.6 is 11.9 Å². The molecule has 14 heavy (non-hydrogen) atoms. The summed E-state index contributed by atoms with van der Waals surface area (Å²) in [6, 6.07) is 6.63. The number of benzene rings is 1. The normalized spacial score (nSPS) is 29.1. The van der Waals surface area contributed by atoms with Gasteiger partial charge in [0.1, 0.15) is 0 Å². The summed E-state index contributed by atoms with van der Waals surface area (Å²) in [7, 11) is 0. The number of nitrogens with one attached hydrogen (secondary N) is 1. The fourth-order valence-corrected chi connectivity index (χ4v) is 3.28. The van der Waals surface area contributed by atoms with Crippen LogP contribution < -0.4 is 9.62 Å². The van der Waals surface area contributed by atoms with Gasteiger partial charge in [-0.1, -0.05) is 19.1 Å². The highest BCUT2D eigenvalue weighted by Crippen LogP contribution is 2.45. The standard InChI is InChI=1S/C11H14N2S/c1-7-6-13-8(2)12-14-10-5-3-4-9(7)11(10)13/h3-5,7-8,12H,6H2,1-2H3/t7-,8+/m0/s1. The maximum absolute atomic E-state index is 3.44. The van der Waals surface area contributed by atoms with Gasteiger partial charge >= 0.3 is 0 Å². The van der Waals surface area contributed by atoms with Gasteiger partial charge < -0.3 is 4.90 Å². The van der Waals surface area contributed by atoms with E-state index in [2.05, 4.69) is 41.7 Å². The van der Waals surface area contributed by atoms with Crippen LogP contribution in [0.4, 0.5) is 5.69 Å². The summed E-state index contributed by atoms with van der Waals surface area (Å²) in [5.41, 5.74) is 2.99. The van der Waals surface area contributed by atoms with Crippen molar-refractivity contribution in [3.8, 4) is 0 Å². The lowest BCUT2D eigenvalue weighted by molar-refractivity contribution is 0.610. The molecule has 0 saturated carbocycles. The van der Waals surface area contributed by atoms with Crippen molar-refractivity contribution in [2.45, 2.75) is 30.8 Å². The Kier molecular flexibility index (Phi) is 1.79. The molecule has 2 aliphatic heterocycles. The van der Waals surface area contributed by atoms with Crippen LogP contribution in [-0.4, -0.2) is 12.7 Å². The predicted molar refractivity (Wildman–Crippen MR) is 60.7 cm³/mol. The zero-order valence-electron chi connectivity index (χ0n) is 8.45. The van der Waals surface area contributed by atoms with Crippen LogP contribution in [0.25, 0.3) is 0 Å². The van der Waals surface area contributed by atoms with Crippen LogP contribution in [0.5, 0.6) is 0 Å². The molecule has 0 fully saturated rings. The first-order valence-electron chi connectivity index (χ1n) is 5.09. The predicted octanol–water partition coefficient (Wildman–Crippen LogP) is 2.57. The van der Waals surface area contributed by atoms with E-state index in [9.17, 15) is 0 Å². The van der Waals surface area contributed by atoms with E-state index >= 15 is 0 Å². The highest BCUT2D eigenvalue weighted by Gasteiger charge is 2.33. The van der Waals surface area contributed by atoms with Crippen LogP contribution in [0, 0.1) is 0 Å². The number of hydrogen-bond acceptors (Lipinski definition) is 3. The SMILES string of the molecule is C[C@@H]1NSc2cccc3c2N1C[C@@H]3C. The first kappa shape index (κ1) is 8.62. The lowest BCUT2D eigenvalue weighted by Crippen LogP contribution is -2.42. The van der Waals surface area contributed by atoms with Gasteiger partial charge in [0, 0.05) is 17.4 Å². The fourth-order valence-electron chi connectivity index (χ4n) is 2.38. The maximum Gasteiger partial charge on any atom is 0.0861 e. The molecule has 0 spiro atoms. The highest BCUT2D eigenvalue weighted by atomic mass is 32.2. The Hall–Kier alpha value is -0.670. The Morgan fingerprint density at radius 2 is 2.29 bits per heavy atom. The Morgan fingerprint density at radius 1 is 1.43 bits per heavy atom. The minimum atomic E-state index is 0.457. The smallest absolute Gasteiger partial charge is 0.0861 e. The quantitative estimate of drug-likeness (QED) is 0.657. The summed E-state index contributed by atoms with van der Waals surface area (Å²) in [5.74, 6) is 0.674. The zero-order chi connectivity index (χ0) is 9.71. The summed E-state index contributed by atoms with van der Waals surface area (Å²) >= 11 is 1.77. The van der Waals surface area contributed by atoms with Crippen molar-refractivity contribution in [1.29, 1.82) is 0 Å². The third-order valence-corrected chi connectivity index (χ3v) is 4.13. The minimum Gasteiger partial charge on any atom is -0.354 e. The van der Waals surface area contributed by atoms with Crippen LogP contribution in [-0.2, 0) is 0 Å². The van der Waals surface area contributed by atoms with Crippen molar-refractivity contribution in [2.24, 2.45) is 0 Å². The average molecular weight is 206 g/mol. The summed E-state index contributed by atoms with van der Waals surface area (Å²) in [6.45, 7) is 5.69. The molecule has 0 saturated heterocycles. The second-order valence-corrected chi connectivity index (χ2v) is 5.02. The topological polar surface area (TPSA) is 15.3 Å². The van der Waals surface area contributed by atoms with Crippen LogP contribution in [0.2, 0.25) is 0 Å². The number of anilines is 1. The molecule has 2 heterocycles. The molecule has 1 aromatic rings. The van der Waals surface area contributed by atoms with Crippen molar-refractivity contribution in [3.63, 3.8) is 0 Å². The van der Waals surface area contributed by atoms with Crippen molar-refractivity contribution >= 4 is 17.6 Å². The summed E-state index contributed by atoms with van der Waals surface area (Å²) < 4.78 is 3.44. The Balaban J connectivity index is 2.20. The molecule has 2 aliphatic rings. The number of nitrogens with zero attached hydrogens (tertiary/aromatic N) is 1. The fraction of sp³-hybridized carbons (Fsp3) is 0.455. The van der Waals surface area contributed by atoms with Crippen molar-refractivity contribution in [2.75, 3.05) is 11.4 Å². The Morgan fingerprint density at radius 3 is 3.14 bits per heavy atom. The molecule has 0 radical (unpaired) electrons. The van der Waals surface area contributed by atoms with E-state index in [1.54, 1.807) is 11.9 Å². The molecule has 3 rings (SSSR count). The summed E-state index contributed by atoms with van der Waals surface area (Å²) in [4.78, 5) is 3.86. The zero-order valence-corrected chi connectivity index (χ0v) is 9.27. The molecule has 0 bridgehead atoms. The van der Waals surface area contributed by atoms with E-state index in [-0.39, 0.29) is 0 Å².